The minimum Gasteiger partial charge on any atom is -0.380 e. The lowest BCUT2D eigenvalue weighted by molar-refractivity contribution is -0.108. The van der Waals surface area contributed by atoms with E-state index in [0.29, 0.717) is 24.8 Å². The summed E-state index contributed by atoms with van der Waals surface area (Å²) in [6, 6.07) is 25.0. The monoisotopic (exact) mass is 512 g/mol. The smallest absolute Gasteiger partial charge is 0.228 e. The van der Waals surface area contributed by atoms with Gasteiger partial charge in [-0.3, -0.25) is 4.21 Å². The Labute approximate surface area is 220 Å². The normalized spacial score (nSPS) is 18.6. The van der Waals surface area contributed by atoms with Crippen molar-refractivity contribution in [2.45, 2.75) is 31.2 Å². The van der Waals surface area contributed by atoms with Gasteiger partial charge >= 0.3 is 0 Å². The minimum absolute atomic E-state index is 0.0928. The van der Waals surface area contributed by atoms with Crippen molar-refractivity contribution in [1.29, 1.82) is 0 Å². The Bertz CT molecular complexity index is 1440. The molecule has 6 rings (SSSR count). The predicted octanol–water partition coefficient (Wildman–Crippen LogP) is 5.13. The Hall–Kier alpha value is -3.29. The molecule has 7 heteroatoms. The third-order valence-corrected chi connectivity index (χ3v) is 8.92. The first-order valence-electron chi connectivity index (χ1n) is 12.9. The molecule has 0 spiro atoms. The molecule has 1 N–H and O–H groups in total. The number of fused-ring (bicyclic) bond motifs is 2. The first-order chi connectivity index (χ1) is 18.1. The SMILES string of the molecule is Cc1ccc2nc(N3CCS(=O)c4ccccc4C3)nc(NCC3(CCc4ccccc4)COC3)c2c1. The Morgan fingerprint density at radius 2 is 1.84 bits per heavy atom. The summed E-state index contributed by atoms with van der Waals surface area (Å²) in [5.74, 6) is 2.10. The van der Waals surface area contributed by atoms with Crippen LogP contribution in [0, 0.1) is 12.3 Å². The molecule has 0 radical (unpaired) electrons. The second-order valence-corrected chi connectivity index (χ2v) is 11.8. The first kappa shape index (κ1) is 24.1. The Kier molecular flexibility index (Phi) is 6.65. The maximum Gasteiger partial charge on any atom is 0.228 e. The number of aromatic nitrogens is 2. The number of hydrogen-bond acceptors (Lipinski definition) is 6. The average molecular weight is 513 g/mol. The molecule has 3 aromatic carbocycles. The number of hydrogen-bond donors (Lipinski definition) is 1. The van der Waals surface area contributed by atoms with Gasteiger partial charge in [0.05, 0.1) is 29.5 Å². The molecule has 1 aromatic heterocycles. The van der Waals surface area contributed by atoms with Gasteiger partial charge in [0, 0.05) is 41.1 Å². The minimum atomic E-state index is -1.02. The summed E-state index contributed by atoms with van der Waals surface area (Å²) in [5.41, 5.74) is 4.62. The van der Waals surface area contributed by atoms with Crippen LogP contribution in [0.1, 0.15) is 23.1 Å². The molecule has 37 heavy (non-hydrogen) atoms. The number of ether oxygens (including phenoxy) is 1. The van der Waals surface area contributed by atoms with E-state index in [1.54, 1.807) is 0 Å². The van der Waals surface area contributed by atoms with Crippen molar-refractivity contribution in [2.75, 3.05) is 42.3 Å². The fourth-order valence-electron chi connectivity index (χ4n) is 5.17. The van der Waals surface area contributed by atoms with Crippen LogP contribution in [0.25, 0.3) is 10.9 Å². The van der Waals surface area contributed by atoms with E-state index in [4.69, 9.17) is 14.7 Å². The molecule has 4 aromatic rings. The molecular formula is C30H32N4O2S. The summed E-state index contributed by atoms with van der Waals surface area (Å²) in [7, 11) is -1.02. The highest BCUT2D eigenvalue weighted by atomic mass is 32.2. The van der Waals surface area contributed by atoms with Gasteiger partial charge in [-0.1, -0.05) is 60.2 Å². The van der Waals surface area contributed by atoms with Gasteiger partial charge in [0.1, 0.15) is 5.82 Å². The maximum atomic E-state index is 12.8. The molecule has 0 amide bonds. The fourth-order valence-corrected chi connectivity index (χ4v) is 6.43. The van der Waals surface area contributed by atoms with E-state index in [1.165, 1.54) is 11.1 Å². The molecular weight excluding hydrogens is 480 g/mol. The van der Waals surface area contributed by atoms with Crippen molar-refractivity contribution in [3.8, 4) is 0 Å². The lowest BCUT2D eigenvalue weighted by atomic mass is 9.80. The maximum absolute atomic E-state index is 12.8. The van der Waals surface area contributed by atoms with Crippen LogP contribution < -0.4 is 10.2 Å². The standard InChI is InChI=1S/C30H32N4O2S/c1-22-11-12-26-25(17-22)28(31-19-30(20-36-21-30)14-13-23-7-3-2-4-8-23)33-29(32-26)34-15-16-37(35)27-10-6-5-9-24(27)18-34/h2-12,17H,13-16,18-21H2,1H3,(H,31,32,33). The molecule has 2 aliphatic heterocycles. The second-order valence-electron chi connectivity index (χ2n) is 10.3. The second kappa shape index (κ2) is 10.2. The van der Waals surface area contributed by atoms with E-state index < -0.39 is 10.8 Å². The van der Waals surface area contributed by atoms with Gasteiger partial charge in [-0.15, -0.1) is 0 Å². The molecule has 6 nitrogen and oxygen atoms in total. The largest absolute Gasteiger partial charge is 0.380 e. The molecule has 190 valence electrons. The highest BCUT2D eigenvalue weighted by molar-refractivity contribution is 7.85. The Morgan fingerprint density at radius 1 is 1.03 bits per heavy atom. The van der Waals surface area contributed by atoms with Crippen molar-refractivity contribution in [1.82, 2.24) is 9.97 Å². The molecule has 0 saturated carbocycles. The highest BCUT2D eigenvalue weighted by Crippen LogP contribution is 2.35. The van der Waals surface area contributed by atoms with Gasteiger partial charge in [0.25, 0.3) is 0 Å². The molecule has 2 aliphatic rings. The Balaban J connectivity index is 1.28. The zero-order valence-corrected chi connectivity index (χ0v) is 22.0. The first-order valence-corrected chi connectivity index (χ1v) is 14.3. The summed E-state index contributed by atoms with van der Waals surface area (Å²) in [6.45, 7) is 5.71. The van der Waals surface area contributed by atoms with Crippen LogP contribution in [0.15, 0.2) is 77.7 Å². The van der Waals surface area contributed by atoms with E-state index in [9.17, 15) is 4.21 Å². The van der Waals surface area contributed by atoms with Crippen molar-refractivity contribution in [3.05, 3.63) is 89.5 Å². The third-order valence-electron chi connectivity index (χ3n) is 7.48. The van der Waals surface area contributed by atoms with Crippen LogP contribution >= 0.6 is 0 Å². The Morgan fingerprint density at radius 3 is 2.65 bits per heavy atom. The zero-order chi connectivity index (χ0) is 25.2. The van der Waals surface area contributed by atoms with Crippen LogP contribution in [0.2, 0.25) is 0 Å². The molecule has 1 saturated heterocycles. The van der Waals surface area contributed by atoms with Gasteiger partial charge in [-0.05, 0) is 49.1 Å². The number of anilines is 2. The quantitative estimate of drug-likeness (QED) is 0.370. The van der Waals surface area contributed by atoms with E-state index in [0.717, 1.165) is 59.8 Å². The van der Waals surface area contributed by atoms with Crippen LogP contribution in [0.5, 0.6) is 0 Å². The number of benzene rings is 3. The van der Waals surface area contributed by atoms with Gasteiger partial charge in [-0.2, -0.15) is 4.98 Å². The van der Waals surface area contributed by atoms with Crippen molar-refractivity contribution in [2.24, 2.45) is 5.41 Å². The van der Waals surface area contributed by atoms with Crippen molar-refractivity contribution in [3.63, 3.8) is 0 Å². The summed E-state index contributed by atoms with van der Waals surface area (Å²) in [5, 5.41) is 4.73. The number of nitrogens with one attached hydrogen (secondary N) is 1. The lowest BCUT2D eigenvalue weighted by Crippen LogP contribution is -2.48. The van der Waals surface area contributed by atoms with E-state index >= 15 is 0 Å². The van der Waals surface area contributed by atoms with Gasteiger partial charge < -0.3 is 15.0 Å². The summed E-state index contributed by atoms with van der Waals surface area (Å²) in [4.78, 5) is 13.1. The zero-order valence-electron chi connectivity index (χ0n) is 21.2. The molecule has 3 heterocycles. The van der Waals surface area contributed by atoms with Crippen molar-refractivity contribution >= 4 is 33.5 Å². The topological polar surface area (TPSA) is 67.4 Å². The van der Waals surface area contributed by atoms with E-state index in [2.05, 4.69) is 71.7 Å². The highest BCUT2D eigenvalue weighted by Gasteiger charge is 2.38. The third kappa shape index (κ3) is 5.11. The number of nitrogens with zero attached hydrogens (tertiary/aromatic N) is 3. The molecule has 0 aliphatic carbocycles. The number of rotatable bonds is 7. The van der Waals surface area contributed by atoms with Crippen LogP contribution in [0.3, 0.4) is 0 Å². The lowest BCUT2D eigenvalue weighted by Gasteiger charge is -2.42. The van der Waals surface area contributed by atoms with Crippen LogP contribution in [0.4, 0.5) is 11.8 Å². The summed E-state index contributed by atoms with van der Waals surface area (Å²) in [6.07, 6.45) is 2.10. The molecule has 1 fully saturated rings. The molecule has 1 unspecified atom stereocenters. The van der Waals surface area contributed by atoms with Gasteiger partial charge in [-0.25, -0.2) is 4.98 Å². The predicted molar refractivity (Wildman–Crippen MR) is 150 cm³/mol. The summed E-state index contributed by atoms with van der Waals surface area (Å²) >= 11 is 0. The van der Waals surface area contributed by atoms with E-state index in [-0.39, 0.29) is 5.41 Å². The molecule has 0 bridgehead atoms. The molecule has 1 atom stereocenters. The van der Waals surface area contributed by atoms with Gasteiger partial charge in [0.15, 0.2) is 0 Å². The van der Waals surface area contributed by atoms with Crippen LogP contribution in [-0.2, 0) is 28.5 Å². The summed E-state index contributed by atoms with van der Waals surface area (Å²) < 4.78 is 18.5. The fraction of sp³-hybridized carbons (Fsp3) is 0.333. The van der Waals surface area contributed by atoms with E-state index in [1.807, 2.05) is 18.2 Å². The number of aryl methyl sites for hydroxylation is 2. The van der Waals surface area contributed by atoms with Crippen molar-refractivity contribution < 1.29 is 8.95 Å². The average Bonchev–Trinajstić information content (AvgIpc) is 3.07. The van der Waals surface area contributed by atoms with Gasteiger partial charge in [0.2, 0.25) is 5.95 Å². The van der Waals surface area contributed by atoms with Crippen LogP contribution in [-0.4, -0.2) is 46.2 Å².